The molecule has 208 valence electrons. The van der Waals surface area contributed by atoms with Gasteiger partial charge in [0.15, 0.2) is 11.4 Å². The van der Waals surface area contributed by atoms with Gasteiger partial charge in [-0.05, 0) is 48.4 Å². The minimum absolute atomic E-state index is 0.0251. The number of carbonyl (C=O) groups excluding carboxylic acids is 2. The molecule has 1 unspecified atom stereocenters. The van der Waals surface area contributed by atoms with Gasteiger partial charge in [0.2, 0.25) is 0 Å². The maximum Gasteiger partial charge on any atom is 0.167 e. The molecule has 0 N–H and O–H groups in total. The highest BCUT2D eigenvalue weighted by Crippen LogP contribution is 2.32. The number of benzene rings is 2. The Hall–Kier alpha value is -4.51. The highest BCUT2D eigenvalue weighted by atomic mass is 32.1. The number of para-hydroxylation sites is 1. The number of carbonyl (C=O) groups is 2. The molecule has 0 spiro atoms. The Balaban J connectivity index is 1.01. The van der Waals surface area contributed by atoms with Crippen molar-refractivity contribution in [1.29, 1.82) is 0 Å². The van der Waals surface area contributed by atoms with Crippen molar-refractivity contribution in [3.05, 3.63) is 87.6 Å². The second-order valence-electron chi connectivity index (χ2n) is 10.1. The largest absolute Gasteiger partial charge is 0.497 e. The number of ether oxygens (including phenoxy) is 1. The summed E-state index contributed by atoms with van der Waals surface area (Å²) in [5.41, 5.74) is 2.89. The van der Waals surface area contributed by atoms with Crippen LogP contribution >= 0.6 is 11.3 Å². The highest BCUT2D eigenvalue weighted by molar-refractivity contribution is 7.11. The number of hydrogen-bond donors (Lipinski definition) is 0. The van der Waals surface area contributed by atoms with E-state index in [0.717, 1.165) is 47.0 Å². The molecule has 11 heteroatoms. The van der Waals surface area contributed by atoms with Crippen molar-refractivity contribution < 1.29 is 18.8 Å². The lowest BCUT2D eigenvalue weighted by atomic mass is 10.1. The first-order valence-corrected chi connectivity index (χ1v) is 14.2. The summed E-state index contributed by atoms with van der Waals surface area (Å²) in [6, 6.07) is 18.8. The summed E-state index contributed by atoms with van der Waals surface area (Å²) in [6.07, 6.45) is 1.88. The summed E-state index contributed by atoms with van der Waals surface area (Å²) in [6.45, 7) is 1.57. The first-order chi connectivity index (χ1) is 20.0. The van der Waals surface area contributed by atoms with Crippen LogP contribution in [-0.4, -0.2) is 57.3 Å². The molecule has 41 heavy (non-hydrogen) atoms. The fourth-order valence-corrected chi connectivity index (χ4v) is 6.04. The average molecular weight is 569 g/mol. The molecule has 6 rings (SSSR count). The van der Waals surface area contributed by atoms with E-state index in [-0.39, 0.29) is 36.7 Å². The summed E-state index contributed by atoms with van der Waals surface area (Å²) in [7, 11) is 1.61. The van der Waals surface area contributed by atoms with E-state index in [2.05, 4.69) is 30.5 Å². The molecule has 1 saturated heterocycles. The number of methoxy groups -OCH3 is 1. The Morgan fingerprint density at radius 1 is 0.951 bits per heavy atom. The monoisotopic (exact) mass is 568 g/mol. The molecule has 3 aromatic heterocycles. The normalized spacial score (nSPS) is 15.0. The van der Waals surface area contributed by atoms with Crippen LogP contribution in [0.15, 0.2) is 65.2 Å². The minimum Gasteiger partial charge on any atom is -0.497 e. The van der Waals surface area contributed by atoms with E-state index in [1.807, 2.05) is 60.7 Å². The van der Waals surface area contributed by atoms with Gasteiger partial charge >= 0.3 is 0 Å². The van der Waals surface area contributed by atoms with Gasteiger partial charge in [0.05, 0.1) is 37.8 Å². The van der Waals surface area contributed by atoms with Crippen LogP contribution in [-0.2, 0) is 35.3 Å². The fraction of sp³-hybridized carbons (Fsp3) is 0.300. The van der Waals surface area contributed by atoms with E-state index in [1.165, 1.54) is 11.3 Å². The lowest BCUT2D eigenvalue weighted by Crippen LogP contribution is -2.21. The maximum absolute atomic E-state index is 12.7. The number of nitrogens with zero attached hydrogens (tertiary/aromatic N) is 6. The van der Waals surface area contributed by atoms with Gasteiger partial charge in [-0.1, -0.05) is 29.4 Å². The third-order valence-electron chi connectivity index (χ3n) is 7.13. The number of ketones is 2. The topological polar surface area (TPSA) is 124 Å². The quantitative estimate of drug-likeness (QED) is 0.229. The molecule has 5 aromatic rings. The Kier molecular flexibility index (Phi) is 7.77. The summed E-state index contributed by atoms with van der Waals surface area (Å²) in [5.74, 6) is 1.81. The minimum atomic E-state index is 0.0251. The Labute approximate surface area is 240 Å². The fourth-order valence-electron chi connectivity index (χ4n) is 5.05. The predicted molar refractivity (Wildman–Crippen MR) is 153 cm³/mol. The Morgan fingerprint density at radius 3 is 2.68 bits per heavy atom. The van der Waals surface area contributed by atoms with Crippen LogP contribution in [0.1, 0.15) is 39.3 Å². The van der Waals surface area contributed by atoms with Gasteiger partial charge in [0, 0.05) is 30.8 Å². The molecule has 0 saturated carbocycles. The number of aromatic nitrogens is 5. The van der Waals surface area contributed by atoms with Crippen LogP contribution in [0.25, 0.3) is 11.0 Å². The lowest BCUT2D eigenvalue weighted by Gasteiger charge is -2.16. The zero-order valence-electron chi connectivity index (χ0n) is 22.5. The molecule has 1 fully saturated rings. The second-order valence-corrected chi connectivity index (χ2v) is 11.2. The van der Waals surface area contributed by atoms with E-state index in [4.69, 9.17) is 9.26 Å². The first kappa shape index (κ1) is 26.7. The summed E-state index contributed by atoms with van der Waals surface area (Å²) < 4.78 is 10.5. The van der Waals surface area contributed by atoms with Crippen LogP contribution in [0, 0.1) is 0 Å². The second kappa shape index (κ2) is 11.9. The Bertz CT molecular complexity index is 1680. The van der Waals surface area contributed by atoms with Gasteiger partial charge in [0.1, 0.15) is 27.3 Å². The molecule has 1 aliphatic rings. The van der Waals surface area contributed by atoms with Gasteiger partial charge in [0.25, 0.3) is 0 Å². The number of fused-ring (bicyclic) bond motifs is 1. The van der Waals surface area contributed by atoms with Crippen molar-refractivity contribution >= 4 is 39.7 Å². The zero-order chi connectivity index (χ0) is 28.2. The number of hydrogen-bond acceptors (Lipinski definition) is 11. The smallest absolute Gasteiger partial charge is 0.167 e. The van der Waals surface area contributed by atoms with Crippen LogP contribution in [0.4, 0.5) is 5.82 Å². The molecule has 0 bridgehead atoms. The molecule has 0 radical (unpaired) electrons. The predicted octanol–water partition coefficient (Wildman–Crippen LogP) is 4.18. The van der Waals surface area contributed by atoms with Crippen molar-refractivity contribution in [3.8, 4) is 5.75 Å². The van der Waals surface area contributed by atoms with Gasteiger partial charge in [-0.2, -0.15) is 5.10 Å². The van der Waals surface area contributed by atoms with Gasteiger partial charge < -0.3 is 14.2 Å². The van der Waals surface area contributed by atoms with E-state index >= 15 is 0 Å². The molecule has 1 atom stereocenters. The standard InChI is InChI=1S/C30H28N6O4S/c1-39-24-6-4-5-19(14-24)13-22(37)15-21-9-10-28(32-31-21)36-12-11-20(18-36)30-34-33-29(41-30)17-23(38)16-26-25-7-2-3-8-27(25)40-35-26/h2-10,14,20H,11-13,15-18H2,1H3. The van der Waals surface area contributed by atoms with Crippen molar-refractivity contribution in [2.24, 2.45) is 0 Å². The number of rotatable bonds is 11. The van der Waals surface area contributed by atoms with Crippen LogP contribution in [0.3, 0.4) is 0 Å². The van der Waals surface area contributed by atoms with Gasteiger partial charge in [-0.25, -0.2) is 0 Å². The van der Waals surface area contributed by atoms with Crippen molar-refractivity contribution in [2.45, 2.75) is 38.0 Å². The van der Waals surface area contributed by atoms with E-state index in [1.54, 1.807) is 7.11 Å². The molecule has 4 heterocycles. The van der Waals surface area contributed by atoms with Crippen LogP contribution in [0.5, 0.6) is 5.75 Å². The molecule has 1 aliphatic heterocycles. The summed E-state index contributed by atoms with van der Waals surface area (Å²) in [4.78, 5) is 27.4. The zero-order valence-corrected chi connectivity index (χ0v) is 23.3. The van der Waals surface area contributed by atoms with E-state index in [9.17, 15) is 9.59 Å². The molecule has 0 aliphatic carbocycles. The Morgan fingerprint density at radius 2 is 1.83 bits per heavy atom. The van der Waals surface area contributed by atoms with E-state index in [0.29, 0.717) is 28.4 Å². The molecule has 10 nitrogen and oxygen atoms in total. The van der Waals surface area contributed by atoms with Crippen molar-refractivity contribution in [2.75, 3.05) is 25.1 Å². The van der Waals surface area contributed by atoms with E-state index < -0.39 is 0 Å². The van der Waals surface area contributed by atoms with Crippen molar-refractivity contribution in [3.63, 3.8) is 0 Å². The van der Waals surface area contributed by atoms with Crippen LogP contribution in [0.2, 0.25) is 0 Å². The number of anilines is 1. The third-order valence-corrected chi connectivity index (χ3v) is 8.21. The molecular formula is C30H28N6O4S. The third kappa shape index (κ3) is 6.30. The van der Waals surface area contributed by atoms with Crippen LogP contribution < -0.4 is 9.64 Å². The maximum atomic E-state index is 12.7. The average Bonchev–Trinajstić information content (AvgIpc) is 3.74. The SMILES string of the molecule is COc1cccc(CC(=O)Cc2ccc(N3CCC(c4nnc(CC(=O)Cc5noc6ccccc56)s4)C3)nn2)c1. The molecular weight excluding hydrogens is 540 g/mol. The van der Waals surface area contributed by atoms with Gasteiger partial charge in [-0.3, -0.25) is 9.59 Å². The molecule has 2 aromatic carbocycles. The summed E-state index contributed by atoms with van der Waals surface area (Å²) >= 11 is 1.49. The summed E-state index contributed by atoms with van der Waals surface area (Å²) in [5, 5.41) is 23.9. The molecule has 0 amide bonds. The van der Waals surface area contributed by atoms with Crippen molar-refractivity contribution in [1.82, 2.24) is 25.6 Å². The first-order valence-electron chi connectivity index (χ1n) is 13.4. The lowest BCUT2D eigenvalue weighted by molar-refractivity contribution is -0.118. The highest BCUT2D eigenvalue weighted by Gasteiger charge is 2.28. The number of Topliss-reactive ketones (excluding diaryl/α,β-unsaturated/α-hetero) is 2. The van der Waals surface area contributed by atoms with Gasteiger partial charge in [-0.15, -0.1) is 26.6 Å².